The first-order valence-corrected chi connectivity index (χ1v) is 6.57. The van der Waals surface area contributed by atoms with Crippen LogP contribution in [0.2, 0.25) is 5.02 Å². The minimum Gasteiger partial charge on any atom is -0.463 e. The van der Waals surface area contributed by atoms with E-state index in [1.54, 1.807) is 6.07 Å². The maximum Gasteiger partial charge on any atom is 0.324 e. The topological polar surface area (TPSA) is 83.2 Å². The van der Waals surface area contributed by atoms with Crippen molar-refractivity contribution in [1.29, 1.82) is 0 Å². The van der Waals surface area contributed by atoms with E-state index in [0.717, 1.165) is 12.0 Å². The summed E-state index contributed by atoms with van der Waals surface area (Å²) in [5.74, 6) is 0.0558. The molecule has 0 amide bonds. The van der Waals surface area contributed by atoms with Gasteiger partial charge >= 0.3 is 12.0 Å². The second kappa shape index (κ2) is 6.91. The first-order chi connectivity index (χ1) is 9.69. The van der Waals surface area contributed by atoms with E-state index in [9.17, 15) is 0 Å². The zero-order valence-corrected chi connectivity index (χ0v) is 11.8. The number of halogens is 1. The molecule has 1 aromatic carbocycles. The van der Waals surface area contributed by atoms with Crippen LogP contribution in [-0.4, -0.2) is 21.6 Å². The molecule has 2 aromatic rings. The number of nitrogens with zero attached hydrogens (tertiary/aromatic N) is 3. The van der Waals surface area contributed by atoms with E-state index in [4.69, 9.17) is 26.8 Å². The van der Waals surface area contributed by atoms with Crippen LogP contribution in [0.25, 0.3) is 0 Å². The molecular weight excluding hydrogens is 280 g/mol. The Kier molecular flexibility index (Phi) is 4.95. The molecule has 0 saturated carbocycles. The minimum atomic E-state index is 0.0558. The summed E-state index contributed by atoms with van der Waals surface area (Å²) < 4.78 is 10.8. The monoisotopic (exact) mass is 294 g/mol. The molecule has 0 aliphatic carbocycles. The number of hydrogen-bond donors (Lipinski definition) is 1. The van der Waals surface area contributed by atoms with E-state index in [-0.39, 0.29) is 24.6 Å². The first kappa shape index (κ1) is 14.3. The van der Waals surface area contributed by atoms with Crippen molar-refractivity contribution in [3.05, 3.63) is 34.9 Å². The number of ether oxygens (including phenoxy) is 2. The number of aromatic nitrogens is 3. The zero-order valence-electron chi connectivity index (χ0n) is 11.0. The van der Waals surface area contributed by atoms with Crippen molar-refractivity contribution in [2.75, 3.05) is 12.3 Å². The lowest BCUT2D eigenvalue weighted by molar-refractivity contribution is 0.256. The highest BCUT2D eigenvalue weighted by Gasteiger charge is 2.07. The molecule has 0 saturated heterocycles. The largest absolute Gasteiger partial charge is 0.463 e. The van der Waals surface area contributed by atoms with Crippen LogP contribution in [0, 0.1) is 0 Å². The summed E-state index contributed by atoms with van der Waals surface area (Å²) in [6.45, 7) is 2.74. The first-order valence-electron chi connectivity index (χ1n) is 6.19. The fourth-order valence-corrected chi connectivity index (χ4v) is 1.62. The van der Waals surface area contributed by atoms with Gasteiger partial charge in [0, 0.05) is 10.6 Å². The minimum absolute atomic E-state index is 0.0558. The van der Waals surface area contributed by atoms with Gasteiger partial charge in [0.15, 0.2) is 0 Å². The van der Waals surface area contributed by atoms with E-state index in [1.165, 1.54) is 0 Å². The van der Waals surface area contributed by atoms with Crippen LogP contribution in [0.4, 0.5) is 5.95 Å². The molecule has 7 heteroatoms. The molecular formula is C13H15ClN4O2. The Morgan fingerprint density at radius 2 is 1.80 bits per heavy atom. The lowest BCUT2D eigenvalue weighted by Gasteiger charge is -2.08. The maximum absolute atomic E-state index is 6.04. The SMILES string of the molecule is CCCOc1nc(N)nc(OCc2ccccc2Cl)n1. The molecule has 0 spiro atoms. The molecule has 0 unspecified atom stereocenters. The Morgan fingerprint density at radius 1 is 1.10 bits per heavy atom. The third-order valence-electron chi connectivity index (χ3n) is 2.36. The third kappa shape index (κ3) is 3.96. The molecule has 2 N–H and O–H groups in total. The summed E-state index contributed by atoms with van der Waals surface area (Å²) in [6, 6.07) is 7.65. The van der Waals surface area contributed by atoms with Gasteiger partial charge in [-0.05, 0) is 12.5 Å². The number of hydrogen-bond acceptors (Lipinski definition) is 6. The molecule has 0 radical (unpaired) electrons. The van der Waals surface area contributed by atoms with Crippen LogP contribution in [0.3, 0.4) is 0 Å². The van der Waals surface area contributed by atoms with Crippen molar-refractivity contribution in [2.45, 2.75) is 20.0 Å². The zero-order chi connectivity index (χ0) is 14.4. The molecule has 6 nitrogen and oxygen atoms in total. The van der Waals surface area contributed by atoms with Gasteiger partial charge in [-0.2, -0.15) is 9.97 Å². The average molecular weight is 295 g/mol. The van der Waals surface area contributed by atoms with Gasteiger partial charge in [0.05, 0.1) is 6.61 Å². The van der Waals surface area contributed by atoms with Crippen LogP contribution in [-0.2, 0) is 6.61 Å². The number of nitrogens with two attached hydrogens (primary N) is 1. The summed E-state index contributed by atoms with van der Waals surface area (Å²) in [7, 11) is 0. The Hall–Kier alpha value is -2.08. The van der Waals surface area contributed by atoms with Gasteiger partial charge in [0.1, 0.15) is 6.61 Å². The van der Waals surface area contributed by atoms with Gasteiger partial charge in [-0.15, -0.1) is 4.98 Å². The lowest BCUT2D eigenvalue weighted by Crippen LogP contribution is -2.07. The molecule has 1 heterocycles. The van der Waals surface area contributed by atoms with Gasteiger partial charge < -0.3 is 15.2 Å². The summed E-state index contributed by atoms with van der Waals surface area (Å²) >= 11 is 6.04. The lowest BCUT2D eigenvalue weighted by atomic mass is 10.2. The quantitative estimate of drug-likeness (QED) is 0.881. The summed E-state index contributed by atoms with van der Waals surface area (Å²) in [4.78, 5) is 11.8. The van der Waals surface area contributed by atoms with Gasteiger partial charge in [-0.1, -0.05) is 36.7 Å². The smallest absolute Gasteiger partial charge is 0.324 e. The van der Waals surface area contributed by atoms with E-state index in [1.807, 2.05) is 25.1 Å². The van der Waals surface area contributed by atoms with Crippen molar-refractivity contribution in [3.8, 4) is 12.0 Å². The van der Waals surface area contributed by atoms with Gasteiger partial charge in [-0.3, -0.25) is 0 Å². The average Bonchev–Trinajstić information content (AvgIpc) is 2.44. The highest BCUT2D eigenvalue weighted by atomic mass is 35.5. The predicted octanol–water partition coefficient (Wildman–Crippen LogP) is 2.48. The Balaban J connectivity index is 2.05. The number of rotatable bonds is 6. The van der Waals surface area contributed by atoms with Crippen LogP contribution in [0.5, 0.6) is 12.0 Å². The standard InChI is InChI=1S/C13H15ClN4O2/c1-2-7-19-12-16-11(15)17-13(18-12)20-8-9-5-3-4-6-10(9)14/h3-6H,2,7-8H2,1H3,(H2,15,16,17,18). The summed E-state index contributed by atoms with van der Waals surface area (Å²) in [5.41, 5.74) is 6.42. The molecule has 106 valence electrons. The van der Waals surface area contributed by atoms with Gasteiger partial charge in [-0.25, -0.2) is 0 Å². The van der Waals surface area contributed by atoms with Crippen LogP contribution in [0.15, 0.2) is 24.3 Å². The maximum atomic E-state index is 6.04. The van der Waals surface area contributed by atoms with Gasteiger partial charge in [0.25, 0.3) is 0 Å². The van der Waals surface area contributed by atoms with Gasteiger partial charge in [0.2, 0.25) is 5.95 Å². The summed E-state index contributed by atoms with van der Waals surface area (Å²) in [5, 5.41) is 0.622. The van der Waals surface area contributed by atoms with E-state index in [2.05, 4.69) is 15.0 Å². The number of anilines is 1. The Labute approximate surface area is 121 Å². The van der Waals surface area contributed by atoms with Crippen molar-refractivity contribution in [1.82, 2.24) is 15.0 Å². The van der Waals surface area contributed by atoms with Crippen molar-refractivity contribution >= 4 is 17.5 Å². The van der Waals surface area contributed by atoms with E-state index < -0.39 is 0 Å². The fraction of sp³-hybridized carbons (Fsp3) is 0.308. The fourth-order valence-electron chi connectivity index (χ4n) is 1.43. The van der Waals surface area contributed by atoms with Crippen molar-refractivity contribution in [2.24, 2.45) is 0 Å². The summed E-state index contributed by atoms with van der Waals surface area (Å²) in [6.07, 6.45) is 0.849. The highest BCUT2D eigenvalue weighted by Crippen LogP contribution is 2.18. The molecule has 0 aliphatic rings. The van der Waals surface area contributed by atoms with Crippen LogP contribution in [0.1, 0.15) is 18.9 Å². The second-order valence-electron chi connectivity index (χ2n) is 3.99. The number of benzene rings is 1. The molecule has 20 heavy (non-hydrogen) atoms. The molecule has 0 fully saturated rings. The van der Waals surface area contributed by atoms with E-state index >= 15 is 0 Å². The van der Waals surface area contributed by atoms with Crippen LogP contribution >= 0.6 is 11.6 Å². The number of nitrogen functional groups attached to an aromatic ring is 1. The molecule has 2 rings (SSSR count). The second-order valence-corrected chi connectivity index (χ2v) is 4.39. The molecule has 0 aliphatic heterocycles. The Bertz CT molecular complexity index is 580. The highest BCUT2D eigenvalue weighted by molar-refractivity contribution is 6.31. The van der Waals surface area contributed by atoms with Crippen LogP contribution < -0.4 is 15.2 Å². The molecule has 0 bridgehead atoms. The van der Waals surface area contributed by atoms with Crippen molar-refractivity contribution < 1.29 is 9.47 Å². The Morgan fingerprint density at radius 3 is 2.50 bits per heavy atom. The van der Waals surface area contributed by atoms with Crippen molar-refractivity contribution in [3.63, 3.8) is 0 Å². The molecule has 1 aromatic heterocycles. The normalized spacial score (nSPS) is 10.3. The third-order valence-corrected chi connectivity index (χ3v) is 2.73. The van der Waals surface area contributed by atoms with E-state index in [0.29, 0.717) is 11.6 Å². The predicted molar refractivity (Wildman–Crippen MR) is 75.8 cm³/mol. The molecule has 0 atom stereocenters.